The van der Waals surface area contributed by atoms with Gasteiger partial charge in [0.15, 0.2) is 6.29 Å². The predicted octanol–water partition coefficient (Wildman–Crippen LogP) is 2.71. The lowest BCUT2D eigenvalue weighted by Crippen LogP contribution is -2.17. The van der Waals surface area contributed by atoms with Gasteiger partial charge in [0, 0.05) is 18.0 Å². The number of hydrogen-bond donors (Lipinski definition) is 1. The number of amides is 1. The molecule has 0 aliphatic carbocycles. The summed E-state index contributed by atoms with van der Waals surface area (Å²) in [4.78, 5) is 21.5. The van der Waals surface area contributed by atoms with Crippen molar-refractivity contribution in [2.75, 3.05) is 5.32 Å². The van der Waals surface area contributed by atoms with Crippen molar-refractivity contribution in [2.24, 2.45) is 5.92 Å². The number of carbonyl (C=O) groups is 1. The summed E-state index contributed by atoms with van der Waals surface area (Å²) in [6.07, 6.45) is 4.05. The van der Waals surface area contributed by atoms with Crippen molar-refractivity contribution in [1.82, 2.24) is 0 Å². The van der Waals surface area contributed by atoms with E-state index in [0.29, 0.717) is 6.42 Å². The molecule has 1 radical (unpaired) electrons. The van der Waals surface area contributed by atoms with Gasteiger partial charge in [-0.15, -0.1) is 0 Å². The Morgan fingerprint density at radius 3 is 2.47 bits per heavy atom. The van der Waals surface area contributed by atoms with Crippen LogP contribution in [0.5, 0.6) is 0 Å². The molecule has 3 heteroatoms. The van der Waals surface area contributed by atoms with Crippen LogP contribution in [0, 0.1) is 5.92 Å². The molecule has 0 spiro atoms. The van der Waals surface area contributed by atoms with Gasteiger partial charge in [-0.1, -0.05) is 26.0 Å². The summed E-state index contributed by atoms with van der Waals surface area (Å²) in [7, 11) is 0. The number of anilines is 1. The molecule has 0 bridgehead atoms. The highest BCUT2D eigenvalue weighted by molar-refractivity contribution is 5.91. The van der Waals surface area contributed by atoms with E-state index in [2.05, 4.69) is 5.32 Å². The minimum Gasteiger partial charge on any atom is -0.326 e. The standard InChI is InChI=1S/C14H18NO2/c1-11(2)14(17)15-13-8-6-12(7-9-13)5-3-4-10-16/h6-9,11H,3-5H2,1-2H3,(H,15,17). The zero-order valence-corrected chi connectivity index (χ0v) is 10.3. The SMILES string of the molecule is CC(C)C(=O)Nc1ccc(CCC[C]=O)cc1. The predicted molar refractivity (Wildman–Crippen MR) is 68.5 cm³/mol. The van der Waals surface area contributed by atoms with Gasteiger partial charge in [-0.3, -0.25) is 9.59 Å². The van der Waals surface area contributed by atoms with Gasteiger partial charge in [-0.2, -0.15) is 0 Å². The monoisotopic (exact) mass is 232 g/mol. The lowest BCUT2D eigenvalue weighted by atomic mass is 10.1. The highest BCUT2D eigenvalue weighted by Crippen LogP contribution is 2.12. The van der Waals surface area contributed by atoms with Gasteiger partial charge < -0.3 is 5.32 Å². The maximum atomic E-state index is 11.5. The molecule has 17 heavy (non-hydrogen) atoms. The van der Waals surface area contributed by atoms with Crippen molar-refractivity contribution in [3.63, 3.8) is 0 Å². The Morgan fingerprint density at radius 1 is 1.29 bits per heavy atom. The van der Waals surface area contributed by atoms with E-state index in [1.807, 2.05) is 44.4 Å². The van der Waals surface area contributed by atoms with Crippen molar-refractivity contribution in [3.05, 3.63) is 29.8 Å². The van der Waals surface area contributed by atoms with Crippen molar-refractivity contribution in [1.29, 1.82) is 0 Å². The van der Waals surface area contributed by atoms with Gasteiger partial charge >= 0.3 is 0 Å². The fourth-order valence-electron chi connectivity index (χ4n) is 1.41. The number of rotatable bonds is 6. The number of unbranched alkanes of at least 4 members (excludes halogenated alkanes) is 1. The first-order valence-corrected chi connectivity index (χ1v) is 5.88. The summed E-state index contributed by atoms with van der Waals surface area (Å²) in [6, 6.07) is 7.72. The fraction of sp³-hybridized carbons (Fsp3) is 0.429. The van der Waals surface area contributed by atoms with Gasteiger partial charge in [0.05, 0.1) is 0 Å². The first kappa shape index (κ1) is 13.4. The van der Waals surface area contributed by atoms with Gasteiger partial charge in [0.1, 0.15) is 0 Å². The summed E-state index contributed by atoms with van der Waals surface area (Å²) in [6.45, 7) is 3.72. The molecule has 0 saturated heterocycles. The van der Waals surface area contributed by atoms with Crippen molar-refractivity contribution in [2.45, 2.75) is 33.1 Å². The second-order valence-corrected chi connectivity index (χ2v) is 4.34. The van der Waals surface area contributed by atoms with Gasteiger partial charge in [-0.25, -0.2) is 0 Å². The third kappa shape index (κ3) is 4.81. The maximum Gasteiger partial charge on any atom is 0.226 e. The Labute approximate surface area is 102 Å². The minimum absolute atomic E-state index is 0.0159. The van der Waals surface area contributed by atoms with Gasteiger partial charge in [-0.05, 0) is 30.5 Å². The molecule has 3 nitrogen and oxygen atoms in total. The molecule has 1 N–H and O–H groups in total. The Bertz CT molecular complexity index is 368. The van der Waals surface area contributed by atoms with Crippen LogP contribution in [0.1, 0.15) is 32.3 Å². The third-order valence-electron chi connectivity index (χ3n) is 2.49. The first-order valence-electron chi connectivity index (χ1n) is 5.88. The molecule has 0 aromatic heterocycles. The van der Waals surface area contributed by atoms with E-state index >= 15 is 0 Å². The third-order valence-corrected chi connectivity index (χ3v) is 2.49. The van der Waals surface area contributed by atoms with Crippen molar-refractivity contribution >= 4 is 17.9 Å². The van der Waals surface area contributed by atoms with Crippen molar-refractivity contribution < 1.29 is 9.59 Å². The number of benzene rings is 1. The molecule has 1 aromatic rings. The van der Waals surface area contributed by atoms with E-state index in [9.17, 15) is 9.59 Å². The highest BCUT2D eigenvalue weighted by atomic mass is 16.1. The molecule has 0 atom stereocenters. The molecule has 0 fully saturated rings. The van der Waals surface area contributed by atoms with Crippen LogP contribution < -0.4 is 5.32 Å². The Kier molecular flexibility index (Phi) is 5.40. The number of hydrogen-bond acceptors (Lipinski definition) is 2. The molecule has 0 aliphatic rings. The molecule has 1 amide bonds. The summed E-state index contributed by atoms with van der Waals surface area (Å²) >= 11 is 0. The van der Waals surface area contributed by atoms with Crippen LogP contribution in [-0.2, 0) is 16.0 Å². The van der Waals surface area contributed by atoms with Crippen LogP contribution in [0.15, 0.2) is 24.3 Å². The Hall–Kier alpha value is -1.64. The molecule has 0 saturated carbocycles. The lowest BCUT2D eigenvalue weighted by Gasteiger charge is -2.08. The summed E-state index contributed by atoms with van der Waals surface area (Å²) in [5.41, 5.74) is 1.98. The quantitative estimate of drug-likeness (QED) is 0.766. The highest BCUT2D eigenvalue weighted by Gasteiger charge is 2.06. The molecule has 0 unspecified atom stereocenters. The largest absolute Gasteiger partial charge is 0.326 e. The van der Waals surface area contributed by atoms with Crippen LogP contribution in [-0.4, -0.2) is 12.2 Å². The lowest BCUT2D eigenvalue weighted by molar-refractivity contribution is -0.118. The van der Waals surface area contributed by atoms with E-state index in [-0.39, 0.29) is 11.8 Å². The topological polar surface area (TPSA) is 46.2 Å². The normalized spacial score (nSPS) is 10.3. The van der Waals surface area contributed by atoms with Crippen LogP contribution in [0.3, 0.4) is 0 Å². The zero-order chi connectivity index (χ0) is 12.7. The van der Waals surface area contributed by atoms with Crippen LogP contribution >= 0.6 is 0 Å². The van der Waals surface area contributed by atoms with Crippen LogP contribution in [0.2, 0.25) is 0 Å². The van der Waals surface area contributed by atoms with E-state index < -0.39 is 0 Å². The van der Waals surface area contributed by atoms with Crippen LogP contribution in [0.4, 0.5) is 5.69 Å². The smallest absolute Gasteiger partial charge is 0.226 e. The summed E-state index contributed by atoms with van der Waals surface area (Å²) in [5, 5.41) is 2.83. The second-order valence-electron chi connectivity index (χ2n) is 4.34. The van der Waals surface area contributed by atoms with Crippen LogP contribution in [0.25, 0.3) is 0 Å². The minimum atomic E-state index is -0.0159. The summed E-state index contributed by atoms with van der Waals surface area (Å²) < 4.78 is 0. The number of nitrogens with one attached hydrogen (secondary N) is 1. The molecular weight excluding hydrogens is 214 g/mol. The van der Waals surface area contributed by atoms with E-state index in [1.54, 1.807) is 0 Å². The average molecular weight is 232 g/mol. The molecule has 1 rings (SSSR count). The van der Waals surface area contributed by atoms with Gasteiger partial charge in [0.25, 0.3) is 0 Å². The molecule has 0 heterocycles. The zero-order valence-electron chi connectivity index (χ0n) is 10.3. The number of aryl methyl sites for hydroxylation is 1. The van der Waals surface area contributed by atoms with Crippen molar-refractivity contribution in [3.8, 4) is 0 Å². The Morgan fingerprint density at radius 2 is 1.94 bits per heavy atom. The van der Waals surface area contributed by atoms with E-state index in [0.717, 1.165) is 18.5 Å². The van der Waals surface area contributed by atoms with Gasteiger partial charge in [0.2, 0.25) is 5.91 Å². The molecular formula is C14H18NO2. The second kappa shape index (κ2) is 6.84. The average Bonchev–Trinajstić information content (AvgIpc) is 2.31. The molecule has 0 aliphatic heterocycles. The van der Waals surface area contributed by atoms with E-state index in [4.69, 9.17) is 0 Å². The fourth-order valence-corrected chi connectivity index (χ4v) is 1.41. The summed E-state index contributed by atoms with van der Waals surface area (Å²) in [5.74, 6) is 0.00566. The number of carbonyl (C=O) groups excluding carboxylic acids is 2. The Balaban J connectivity index is 2.50. The van der Waals surface area contributed by atoms with E-state index in [1.165, 1.54) is 5.56 Å². The molecule has 91 valence electrons. The maximum absolute atomic E-state index is 11.5. The first-order chi connectivity index (χ1) is 8.13. The molecule has 1 aromatic carbocycles.